The van der Waals surface area contributed by atoms with Crippen molar-refractivity contribution in [2.24, 2.45) is 0 Å². The number of rotatable bonds is 3. The molecule has 0 aromatic heterocycles. The number of halogens is 1. The smallest absolute Gasteiger partial charge is 0.145 e. The standard InChI is InChI=1S/C17H14ClNO/c18-10-12-4-7-17(15(8-12)11-19)20-16-6-5-13-2-1-3-14(13)9-16/h4-9H,1-3,10H2. The van der Waals surface area contributed by atoms with E-state index in [2.05, 4.69) is 18.2 Å². The molecule has 0 spiro atoms. The van der Waals surface area contributed by atoms with E-state index in [1.807, 2.05) is 18.2 Å². The summed E-state index contributed by atoms with van der Waals surface area (Å²) in [4.78, 5) is 0. The average molecular weight is 284 g/mol. The first-order valence-corrected chi connectivity index (χ1v) is 7.22. The molecule has 0 saturated carbocycles. The average Bonchev–Trinajstić information content (AvgIpc) is 2.95. The van der Waals surface area contributed by atoms with Gasteiger partial charge in [0.15, 0.2) is 0 Å². The highest BCUT2D eigenvalue weighted by molar-refractivity contribution is 6.17. The topological polar surface area (TPSA) is 33.0 Å². The second-order valence-electron chi connectivity index (χ2n) is 4.96. The normalized spacial score (nSPS) is 12.8. The molecule has 20 heavy (non-hydrogen) atoms. The summed E-state index contributed by atoms with van der Waals surface area (Å²) in [6.07, 6.45) is 3.49. The van der Waals surface area contributed by atoms with Gasteiger partial charge in [-0.3, -0.25) is 0 Å². The summed E-state index contributed by atoms with van der Waals surface area (Å²) in [5, 5.41) is 9.20. The molecule has 0 N–H and O–H groups in total. The van der Waals surface area contributed by atoms with Crippen LogP contribution in [0.1, 0.15) is 28.7 Å². The van der Waals surface area contributed by atoms with Crippen molar-refractivity contribution >= 4 is 11.6 Å². The number of nitriles is 1. The third kappa shape index (κ3) is 2.50. The lowest BCUT2D eigenvalue weighted by Gasteiger charge is -2.10. The molecule has 0 fully saturated rings. The van der Waals surface area contributed by atoms with Crippen LogP contribution in [-0.2, 0) is 18.7 Å². The van der Waals surface area contributed by atoms with Gasteiger partial charge in [0, 0.05) is 5.88 Å². The van der Waals surface area contributed by atoms with E-state index in [1.165, 1.54) is 17.5 Å². The molecule has 0 radical (unpaired) electrons. The quantitative estimate of drug-likeness (QED) is 0.773. The van der Waals surface area contributed by atoms with Gasteiger partial charge in [-0.05, 0) is 60.2 Å². The minimum Gasteiger partial charge on any atom is -0.456 e. The Morgan fingerprint density at radius 1 is 1.10 bits per heavy atom. The first-order valence-electron chi connectivity index (χ1n) is 6.69. The minimum absolute atomic E-state index is 0.397. The summed E-state index contributed by atoms with van der Waals surface area (Å²) >= 11 is 5.78. The molecule has 1 aliphatic rings. The van der Waals surface area contributed by atoms with Crippen LogP contribution in [0, 0.1) is 11.3 Å². The number of hydrogen-bond donors (Lipinski definition) is 0. The van der Waals surface area contributed by atoms with E-state index >= 15 is 0 Å². The van der Waals surface area contributed by atoms with E-state index in [0.29, 0.717) is 17.2 Å². The van der Waals surface area contributed by atoms with E-state index in [0.717, 1.165) is 24.2 Å². The molecule has 0 unspecified atom stereocenters. The number of fused-ring (bicyclic) bond motifs is 1. The van der Waals surface area contributed by atoms with Gasteiger partial charge >= 0.3 is 0 Å². The van der Waals surface area contributed by atoms with Gasteiger partial charge in [-0.25, -0.2) is 0 Å². The van der Waals surface area contributed by atoms with Crippen molar-refractivity contribution in [1.82, 2.24) is 0 Å². The highest BCUT2D eigenvalue weighted by Gasteiger charge is 2.12. The van der Waals surface area contributed by atoms with Crippen molar-refractivity contribution < 1.29 is 4.74 Å². The summed E-state index contributed by atoms with van der Waals surface area (Å²) in [6, 6.07) is 13.8. The molecule has 2 nitrogen and oxygen atoms in total. The van der Waals surface area contributed by atoms with E-state index in [1.54, 1.807) is 6.07 Å². The molecular weight excluding hydrogens is 270 g/mol. The van der Waals surface area contributed by atoms with Crippen molar-refractivity contribution in [3.05, 3.63) is 58.7 Å². The van der Waals surface area contributed by atoms with E-state index in [-0.39, 0.29) is 0 Å². The minimum atomic E-state index is 0.397. The number of aryl methyl sites for hydroxylation is 2. The molecule has 3 heteroatoms. The maximum Gasteiger partial charge on any atom is 0.145 e. The number of alkyl halides is 1. The molecule has 1 aliphatic carbocycles. The van der Waals surface area contributed by atoms with Gasteiger partial charge in [0.2, 0.25) is 0 Å². The van der Waals surface area contributed by atoms with Gasteiger partial charge in [-0.1, -0.05) is 12.1 Å². The van der Waals surface area contributed by atoms with Crippen LogP contribution in [0.4, 0.5) is 0 Å². The molecule has 0 atom stereocenters. The van der Waals surface area contributed by atoms with Gasteiger partial charge in [0.1, 0.15) is 17.6 Å². The monoisotopic (exact) mass is 283 g/mol. The maximum absolute atomic E-state index is 9.20. The Hall–Kier alpha value is -1.98. The van der Waals surface area contributed by atoms with Crippen molar-refractivity contribution in [3.8, 4) is 17.6 Å². The maximum atomic E-state index is 9.20. The molecule has 3 rings (SSSR count). The highest BCUT2D eigenvalue weighted by Crippen LogP contribution is 2.30. The Labute approximate surface area is 123 Å². The van der Waals surface area contributed by atoms with Gasteiger partial charge in [-0.15, -0.1) is 11.6 Å². The molecule has 2 aromatic rings. The molecule has 0 aliphatic heterocycles. The summed E-state index contributed by atoms with van der Waals surface area (Å²) in [7, 11) is 0. The Kier molecular flexibility index (Phi) is 3.62. The van der Waals surface area contributed by atoms with Crippen molar-refractivity contribution in [2.75, 3.05) is 0 Å². The number of benzene rings is 2. The predicted molar refractivity (Wildman–Crippen MR) is 79.3 cm³/mol. The van der Waals surface area contributed by atoms with Crippen LogP contribution in [0.15, 0.2) is 36.4 Å². The molecule has 100 valence electrons. The fourth-order valence-corrected chi connectivity index (χ4v) is 2.74. The van der Waals surface area contributed by atoms with Crippen LogP contribution in [-0.4, -0.2) is 0 Å². The zero-order chi connectivity index (χ0) is 13.9. The van der Waals surface area contributed by atoms with Gasteiger partial charge in [0.25, 0.3) is 0 Å². The Bertz CT molecular complexity index is 688. The number of ether oxygens (including phenoxy) is 1. The molecule has 2 aromatic carbocycles. The van der Waals surface area contributed by atoms with Crippen LogP contribution < -0.4 is 4.74 Å². The molecule has 0 bridgehead atoms. The van der Waals surface area contributed by atoms with Crippen LogP contribution in [0.2, 0.25) is 0 Å². The summed E-state index contributed by atoms with van der Waals surface area (Å²) in [6.45, 7) is 0. The van der Waals surface area contributed by atoms with Crippen LogP contribution >= 0.6 is 11.6 Å². The Morgan fingerprint density at radius 3 is 2.75 bits per heavy atom. The number of hydrogen-bond acceptors (Lipinski definition) is 2. The second kappa shape index (κ2) is 5.56. The fourth-order valence-electron chi connectivity index (χ4n) is 2.58. The zero-order valence-electron chi connectivity index (χ0n) is 11.0. The summed E-state index contributed by atoms with van der Waals surface area (Å²) in [5.41, 5.74) is 4.21. The summed E-state index contributed by atoms with van der Waals surface area (Å²) < 4.78 is 5.86. The van der Waals surface area contributed by atoms with Gasteiger partial charge in [-0.2, -0.15) is 5.26 Å². The second-order valence-corrected chi connectivity index (χ2v) is 5.23. The Balaban J connectivity index is 1.90. The van der Waals surface area contributed by atoms with E-state index in [9.17, 15) is 5.26 Å². The van der Waals surface area contributed by atoms with Crippen LogP contribution in [0.5, 0.6) is 11.5 Å². The van der Waals surface area contributed by atoms with E-state index < -0.39 is 0 Å². The third-order valence-corrected chi connectivity index (χ3v) is 3.93. The molecule has 0 heterocycles. The van der Waals surface area contributed by atoms with Crippen molar-refractivity contribution in [3.63, 3.8) is 0 Å². The van der Waals surface area contributed by atoms with E-state index in [4.69, 9.17) is 16.3 Å². The third-order valence-electron chi connectivity index (χ3n) is 3.62. The first-order chi connectivity index (χ1) is 9.80. The SMILES string of the molecule is N#Cc1cc(CCl)ccc1Oc1ccc2c(c1)CCC2. The lowest BCUT2D eigenvalue weighted by molar-refractivity contribution is 0.480. The zero-order valence-corrected chi connectivity index (χ0v) is 11.8. The first kappa shape index (κ1) is 13.0. The summed E-state index contributed by atoms with van der Waals surface area (Å²) in [5.74, 6) is 1.77. The molecule has 0 amide bonds. The van der Waals surface area contributed by atoms with Gasteiger partial charge < -0.3 is 4.74 Å². The number of nitrogens with zero attached hydrogens (tertiary/aromatic N) is 1. The largest absolute Gasteiger partial charge is 0.456 e. The van der Waals surface area contributed by atoms with Gasteiger partial charge in [0.05, 0.1) is 5.56 Å². The van der Waals surface area contributed by atoms with Crippen LogP contribution in [0.25, 0.3) is 0 Å². The fraction of sp³-hybridized carbons (Fsp3) is 0.235. The van der Waals surface area contributed by atoms with Crippen LogP contribution in [0.3, 0.4) is 0 Å². The molecule has 0 saturated heterocycles. The Morgan fingerprint density at radius 2 is 1.95 bits per heavy atom. The lowest BCUT2D eigenvalue weighted by atomic mass is 10.1. The van der Waals surface area contributed by atoms with Crippen molar-refractivity contribution in [2.45, 2.75) is 25.1 Å². The van der Waals surface area contributed by atoms with Crippen molar-refractivity contribution in [1.29, 1.82) is 5.26 Å². The highest BCUT2D eigenvalue weighted by atomic mass is 35.5. The molecular formula is C17H14ClNO. The predicted octanol–water partition coefficient (Wildman–Crippen LogP) is 4.58. The lowest BCUT2D eigenvalue weighted by Crippen LogP contribution is -1.91.